The van der Waals surface area contributed by atoms with Crippen LogP contribution in [0.15, 0.2) is 24.3 Å². The van der Waals surface area contributed by atoms with E-state index in [1.807, 2.05) is 6.07 Å². The van der Waals surface area contributed by atoms with Gasteiger partial charge in [0.2, 0.25) is 0 Å². The summed E-state index contributed by atoms with van der Waals surface area (Å²) in [7, 11) is 0. The fourth-order valence-corrected chi connectivity index (χ4v) is 4.18. The van der Waals surface area contributed by atoms with Gasteiger partial charge in [-0.2, -0.15) is 0 Å². The van der Waals surface area contributed by atoms with Crippen LogP contribution < -0.4 is 10.9 Å². The van der Waals surface area contributed by atoms with Crippen LogP contribution in [-0.4, -0.2) is 16.7 Å². The molecule has 0 aliphatic heterocycles. The normalized spacial score (nSPS) is 13.4. The van der Waals surface area contributed by atoms with Gasteiger partial charge in [-0.15, -0.1) is 11.3 Å². The van der Waals surface area contributed by atoms with Crippen LogP contribution in [-0.2, 0) is 12.8 Å². The number of fused-ring (bicyclic) bond motifs is 1. The topological polar surface area (TPSA) is 101 Å². The lowest BCUT2D eigenvalue weighted by Crippen LogP contribution is -2.41. The predicted molar refractivity (Wildman–Crippen MR) is 98.6 cm³/mol. The number of hydrogen-bond acceptors (Lipinski definition) is 5. The van der Waals surface area contributed by atoms with Gasteiger partial charge in [0.25, 0.3) is 17.5 Å². The van der Waals surface area contributed by atoms with E-state index in [4.69, 9.17) is 11.6 Å². The first-order chi connectivity index (χ1) is 12.5. The molecule has 7 nitrogen and oxygen atoms in total. The monoisotopic (exact) mass is 393 g/mol. The molecule has 0 spiro atoms. The van der Waals surface area contributed by atoms with Crippen LogP contribution in [0.4, 0.5) is 5.69 Å². The lowest BCUT2D eigenvalue weighted by molar-refractivity contribution is -0.385. The highest BCUT2D eigenvalue weighted by molar-refractivity contribution is 7.14. The lowest BCUT2D eigenvalue weighted by atomic mass is 10.1. The van der Waals surface area contributed by atoms with E-state index in [0.29, 0.717) is 4.88 Å². The molecule has 1 heterocycles. The summed E-state index contributed by atoms with van der Waals surface area (Å²) in [6.45, 7) is 0. The van der Waals surface area contributed by atoms with Gasteiger partial charge in [-0.1, -0.05) is 18.0 Å². The van der Waals surface area contributed by atoms with E-state index < -0.39 is 22.4 Å². The first kappa shape index (κ1) is 18.3. The minimum atomic E-state index is -0.778. The SMILES string of the molecule is O=C(NNC(=O)c1ccc(Cl)cc1[N+](=O)[O-])c1cc2c(s1)CCCCC2. The Kier molecular flexibility index (Phi) is 5.53. The first-order valence-electron chi connectivity index (χ1n) is 8.12. The van der Waals surface area contributed by atoms with Crippen molar-refractivity contribution in [3.63, 3.8) is 0 Å². The third-order valence-electron chi connectivity index (χ3n) is 4.16. The highest BCUT2D eigenvalue weighted by atomic mass is 35.5. The van der Waals surface area contributed by atoms with Crippen LogP contribution >= 0.6 is 22.9 Å². The van der Waals surface area contributed by atoms with E-state index in [2.05, 4.69) is 10.9 Å². The van der Waals surface area contributed by atoms with Crippen LogP contribution in [0.1, 0.15) is 49.7 Å². The van der Waals surface area contributed by atoms with Crippen LogP contribution in [0.2, 0.25) is 5.02 Å². The van der Waals surface area contributed by atoms with Crippen molar-refractivity contribution >= 4 is 40.4 Å². The molecule has 2 amide bonds. The summed E-state index contributed by atoms with van der Waals surface area (Å²) < 4.78 is 0. The number of nitro benzene ring substituents is 1. The number of carbonyl (C=O) groups excluding carboxylic acids is 2. The van der Waals surface area contributed by atoms with E-state index >= 15 is 0 Å². The number of hydrazine groups is 1. The second-order valence-corrected chi connectivity index (χ2v) is 7.52. The Morgan fingerprint density at radius 3 is 2.58 bits per heavy atom. The molecular formula is C17H16ClN3O4S. The molecule has 2 aromatic rings. The molecule has 0 fully saturated rings. The molecular weight excluding hydrogens is 378 g/mol. The zero-order valence-corrected chi connectivity index (χ0v) is 15.3. The molecule has 0 saturated carbocycles. The number of nitro groups is 1. The molecule has 3 rings (SSSR count). The molecule has 9 heteroatoms. The summed E-state index contributed by atoms with van der Waals surface area (Å²) in [6.07, 6.45) is 5.35. The second kappa shape index (κ2) is 7.84. The Hall–Kier alpha value is -2.45. The van der Waals surface area contributed by atoms with Crippen molar-refractivity contribution < 1.29 is 14.5 Å². The molecule has 136 valence electrons. The minimum Gasteiger partial charge on any atom is -0.267 e. The van der Waals surface area contributed by atoms with E-state index in [9.17, 15) is 19.7 Å². The van der Waals surface area contributed by atoms with Gasteiger partial charge in [0.05, 0.1) is 9.80 Å². The summed E-state index contributed by atoms with van der Waals surface area (Å²) in [4.78, 5) is 36.6. The fraction of sp³-hybridized carbons (Fsp3) is 0.294. The van der Waals surface area contributed by atoms with E-state index in [0.717, 1.165) is 31.7 Å². The van der Waals surface area contributed by atoms with Gasteiger partial charge in [-0.25, -0.2) is 0 Å². The number of aryl methyl sites for hydroxylation is 2. The Morgan fingerprint density at radius 2 is 1.81 bits per heavy atom. The smallest absolute Gasteiger partial charge is 0.267 e. The van der Waals surface area contributed by atoms with Gasteiger partial charge < -0.3 is 0 Å². The average molecular weight is 394 g/mol. The van der Waals surface area contributed by atoms with Crippen LogP contribution in [0.3, 0.4) is 0 Å². The van der Waals surface area contributed by atoms with Crippen molar-refractivity contribution in [2.45, 2.75) is 32.1 Å². The van der Waals surface area contributed by atoms with Crippen LogP contribution in [0.25, 0.3) is 0 Å². The van der Waals surface area contributed by atoms with Crippen molar-refractivity contribution in [2.24, 2.45) is 0 Å². The Balaban J connectivity index is 1.68. The number of benzene rings is 1. The number of thiophene rings is 1. The Morgan fingerprint density at radius 1 is 1.08 bits per heavy atom. The molecule has 2 N–H and O–H groups in total. The zero-order valence-electron chi connectivity index (χ0n) is 13.7. The lowest BCUT2D eigenvalue weighted by Gasteiger charge is -2.07. The Bertz CT molecular complexity index is 857. The summed E-state index contributed by atoms with van der Waals surface area (Å²) in [6, 6.07) is 5.57. The fourth-order valence-electron chi connectivity index (χ4n) is 2.87. The van der Waals surface area contributed by atoms with Gasteiger partial charge >= 0.3 is 0 Å². The molecule has 0 saturated heterocycles. The number of nitrogens with zero attached hydrogens (tertiary/aromatic N) is 1. The molecule has 1 aromatic heterocycles. The molecule has 0 radical (unpaired) electrons. The highest BCUT2D eigenvalue weighted by Crippen LogP contribution is 2.29. The van der Waals surface area contributed by atoms with Crippen molar-refractivity contribution in [1.82, 2.24) is 10.9 Å². The van der Waals surface area contributed by atoms with Crippen molar-refractivity contribution in [1.29, 1.82) is 0 Å². The van der Waals surface area contributed by atoms with Gasteiger partial charge in [0.1, 0.15) is 5.56 Å². The van der Waals surface area contributed by atoms with E-state index in [-0.39, 0.29) is 10.6 Å². The number of nitrogens with one attached hydrogen (secondary N) is 2. The number of amides is 2. The average Bonchev–Trinajstić information content (AvgIpc) is 2.90. The maximum Gasteiger partial charge on any atom is 0.283 e. The molecule has 1 aliphatic rings. The first-order valence-corrected chi connectivity index (χ1v) is 9.31. The number of carbonyl (C=O) groups is 2. The predicted octanol–water partition coefficient (Wildman–Crippen LogP) is 3.65. The standard InChI is InChI=1S/C17H16ClN3O4S/c18-11-6-7-12(13(9-11)21(24)25)16(22)19-20-17(23)15-8-10-4-2-1-3-5-14(10)26-15/h6-9H,1-5H2,(H,19,22)(H,20,23). The van der Waals surface area contributed by atoms with E-state index in [1.54, 1.807) is 0 Å². The maximum atomic E-state index is 12.3. The quantitative estimate of drug-likeness (QED) is 0.472. The number of rotatable bonds is 3. The summed E-state index contributed by atoms with van der Waals surface area (Å²) in [5, 5.41) is 11.2. The third kappa shape index (κ3) is 4.03. The summed E-state index contributed by atoms with van der Waals surface area (Å²) in [5.74, 6) is -1.21. The van der Waals surface area contributed by atoms with Gasteiger partial charge in [-0.3, -0.25) is 30.6 Å². The van der Waals surface area contributed by atoms with E-state index in [1.165, 1.54) is 40.3 Å². The number of hydrogen-bond donors (Lipinski definition) is 2. The van der Waals surface area contributed by atoms with Crippen molar-refractivity contribution in [3.05, 3.63) is 60.3 Å². The van der Waals surface area contributed by atoms with Crippen molar-refractivity contribution in [2.75, 3.05) is 0 Å². The maximum absolute atomic E-state index is 12.3. The van der Waals surface area contributed by atoms with Crippen LogP contribution in [0.5, 0.6) is 0 Å². The molecule has 0 atom stereocenters. The molecule has 0 unspecified atom stereocenters. The number of halogens is 1. The van der Waals surface area contributed by atoms with Gasteiger partial charge in [0, 0.05) is 16.0 Å². The van der Waals surface area contributed by atoms with Gasteiger partial charge in [-0.05, 0) is 49.4 Å². The molecule has 1 aromatic carbocycles. The summed E-state index contributed by atoms with van der Waals surface area (Å²) >= 11 is 7.16. The van der Waals surface area contributed by atoms with Crippen molar-refractivity contribution in [3.8, 4) is 0 Å². The second-order valence-electron chi connectivity index (χ2n) is 5.95. The molecule has 26 heavy (non-hydrogen) atoms. The van der Waals surface area contributed by atoms with Crippen LogP contribution in [0, 0.1) is 10.1 Å². The zero-order chi connectivity index (χ0) is 18.7. The molecule has 0 bridgehead atoms. The van der Waals surface area contributed by atoms with Gasteiger partial charge in [0.15, 0.2) is 0 Å². The third-order valence-corrected chi connectivity index (χ3v) is 5.63. The highest BCUT2D eigenvalue weighted by Gasteiger charge is 2.22. The Labute approximate surface area is 158 Å². The largest absolute Gasteiger partial charge is 0.283 e. The summed E-state index contributed by atoms with van der Waals surface area (Å²) in [5.41, 5.74) is 5.13. The minimum absolute atomic E-state index is 0.150. The molecule has 1 aliphatic carbocycles.